The van der Waals surface area contributed by atoms with E-state index in [1.807, 2.05) is 17.6 Å². The smallest absolute Gasteiger partial charge is 0.325 e. The molecule has 0 aliphatic heterocycles. The summed E-state index contributed by atoms with van der Waals surface area (Å²) >= 11 is 1.42. The van der Waals surface area contributed by atoms with E-state index >= 15 is 0 Å². The summed E-state index contributed by atoms with van der Waals surface area (Å²) in [5.74, 6) is -1.00. The molecule has 0 saturated heterocycles. The van der Waals surface area contributed by atoms with Gasteiger partial charge in [-0.3, -0.25) is 9.79 Å². The zero-order valence-electron chi connectivity index (χ0n) is 18.9. The van der Waals surface area contributed by atoms with Gasteiger partial charge in [-0.2, -0.15) is 0 Å². The lowest BCUT2D eigenvalue weighted by molar-refractivity contribution is -0.143. The Balaban J connectivity index is 2.02. The molecule has 0 N–H and O–H groups in total. The minimum absolute atomic E-state index is 0.0430. The van der Waals surface area contributed by atoms with Gasteiger partial charge in [-0.15, -0.1) is 0 Å². The summed E-state index contributed by atoms with van der Waals surface area (Å²) < 4.78 is 34.5. The van der Waals surface area contributed by atoms with Crippen molar-refractivity contribution in [3.05, 3.63) is 89.7 Å². The van der Waals surface area contributed by atoms with Crippen LogP contribution < -0.4 is 0 Å². The Hall–Kier alpha value is -3.19. The monoisotopic (exact) mass is 468 g/mol. The number of allylic oxidation sites excluding steroid dienone is 2. The van der Waals surface area contributed by atoms with E-state index in [9.17, 15) is 13.6 Å². The number of esters is 1. The molecule has 0 aliphatic rings. The third-order valence-electron chi connectivity index (χ3n) is 5.20. The maximum Gasteiger partial charge on any atom is 0.325 e. The zero-order chi connectivity index (χ0) is 24.0. The van der Waals surface area contributed by atoms with Crippen molar-refractivity contribution in [2.45, 2.75) is 31.7 Å². The van der Waals surface area contributed by atoms with Crippen LogP contribution in [0.5, 0.6) is 0 Å². The molecule has 0 spiro atoms. The van der Waals surface area contributed by atoms with Gasteiger partial charge in [0.25, 0.3) is 0 Å². The van der Waals surface area contributed by atoms with Crippen LogP contribution in [0.3, 0.4) is 0 Å². The van der Waals surface area contributed by atoms with Gasteiger partial charge in [-0.05, 0) is 67.4 Å². The number of rotatable bonds is 8. The molecule has 7 heteroatoms. The molecule has 0 unspecified atom stereocenters. The van der Waals surface area contributed by atoms with Gasteiger partial charge >= 0.3 is 5.97 Å². The molecule has 33 heavy (non-hydrogen) atoms. The highest BCUT2D eigenvalue weighted by Gasteiger charge is 2.20. The van der Waals surface area contributed by atoms with E-state index in [-0.39, 0.29) is 24.1 Å². The average Bonchev–Trinajstić information content (AvgIpc) is 3.03. The lowest BCUT2D eigenvalue weighted by Crippen LogP contribution is -2.14. The van der Waals surface area contributed by atoms with Crippen molar-refractivity contribution in [3.8, 4) is 0 Å². The number of fused-ring (bicyclic) bond motifs is 1. The number of benzene rings is 2. The Labute approximate surface area is 196 Å². The molecule has 172 valence electrons. The van der Waals surface area contributed by atoms with Gasteiger partial charge in [0.1, 0.15) is 18.2 Å². The summed E-state index contributed by atoms with van der Waals surface area (Å²) in [6.45, 7) is 7.83. The van der Waals surface area contributed by atoms with Crippen molar-refractivity contribution in [1.29, 1.82) is 0 Å². The SMILES string of the molecule is C=C/C=C(/Cc1c(C)n(CC(=O)OCC)c2ccc(F)cc12)C(=NC)Sc1ccc(F)cc1. The van der Waals surface area contributed by atoms with Crippen LogP contribution in [0.15, 0.2) is 76.7 Å². The highest BCUT2D eigenvalue weighted by atomic mass is 32.2. The highest BCUT2D eigenvalue weighted by Crippen LogP contribution is 2.32. The summed E-state index contributed by atoms with van der Waals surface area (Å²) in [5.41, 5.74) is 3.38. The molecule has 1 aromatic heterocycles. The average molecular weight is 469 g/mol. The summed E-state index contributed by atoms with van der Waals surface area (Å²) in [6.07, 6.45) is 4.00. The second-order valence-corrected chi connectivity index (χ2v) is 8.37. The molecule has 0 amide bonds. The first-order chi connectivity index (χ1) is 15.9. The summed E-state index contributed by atoms with van der Waals surface area (Å²) in [4.78, 5) is 17.5. The number of hydrogen-bond donors (Lipinski definition) is 0. The third-order valence-corrected chi connectivity index (χ3v) is 6.35. The van der Waals surface area contributed by atoms with E-state index in [0.29, 0.717) is 13.0 Å². The fourth-order valence-corrected chi connectivity index (χ4v) is 4.55. The Morgan fingerprint density at radius 3 is 2.52 bits per heavy atom. The van der Waals surface area contributed by atoms with E-state index in [1.165, 1.54) is 36.0 Å². The lowest BCUT2D eigenvalue weighted by Gasteiger charge is -2.12. The van der Waals surface area contributed by atoms with Crippen LogP contribution in [-0.4, -0.2) is 29.2 Å². The molecule has 1 heterocycles. The number of carbonyl (C=O) groups excluding carboxylic acids is 1. The Morgan fingerprint density at radius 2 is 1.88 bits per heavy atom. The molecule has 0 radical (unpaired) electrons. The molecule has 0 fully saturated rings. The fourth-order valence-electron chi connectivity index (χ4n) is 3.69. The van der Waals surface area contributed by atoms with Gasteiger partial charge < -0.3 is 9.30 Å². The second kappa shape index (κ2) is 11.1. The van der Waals surface area contributed by atoms with Crippen LogP contribution >= 0.6 is 11.8 Å². The summed E-state index contributed by atoms with van der Waals surface area (Å²) in [6, 6.07) is 10.8. The number of nitrogens with zero attached hydrogens (tertiary/aromatic N) is 2. The maximum atomic E-state index is 14.2. The van der Waals surface area contributed by atoms with Crippen molar-refractivity contribution in [2.24, 2.45) is 4.99 Å². The van der Waals surface area contributed by atoms with Crippen LogP contribution in [0.4, 0.5) is 8.78 Å². The molecular formula is C26H26F2N2O2S. The topological polar surface area (TPSA) is 43.6 Å². The predicted molar refractivity (Wildman–Crippen MR) is 131 cm³/mol. The van der Waals surface area contributed by atoms with E-state index in [1.54, 1.807) is 38.2 Å². The van der Waals surface area contributed by atoms with Crippen molar-refractivity contribution in [3.63, 3.8) is 0 Å². The van der Waals surface area contributed by atoms with Crippen LogP contribution in [0.25, 0.3) is 10.9 Å². The van der Waals surface area contributed by atoms with Crippen molar-refractivity contribution in [2.75, 3.05) is 13.7 Å². The molecule has 0 atom stereocenters. The minimum atomic E-state index is -0.351. The first-order valence-electron chi connectivity index (χ1n) is 10.5. The normalized spacial score (nSPS) is 12.3. The van der Waals surface area contributed by atoms with Gasteiger partial charge in [0.05, 0.1) is 11.7 Å². The largest absolute Gasteiger partial charge is 0.465 e. The van der Waals surface area contributed by atoms with Gasteiger partial charge in [-0.1, -0.05) is 30.5 Å². The summed E-state index contributed by atoms with van der Waals surface area (Å²) in [5, 5.41) is 1.47. The van der Waals surface area contributed by atoms with E-state index < -0.39 is 0 Å². The summed E-state index contributed by atoms with van der Waals surface area (Å²) in [7, 11) is 1.69. The van der Waals surface area contributed by atoms with Gasteiger partial charge in [0.2, 0.25) is 0 Å². The fraction of sp³-hybridized carbons (Fsp3) is 0.231. The zero-order valence-corrected chi connectivity index (χ0v) is 19.7. The van der Waals surface area contributed by atoms with Gasteiger partial charge in [-0.25, -0.2) is 8.78 Å². The molecule has 2 aromatic carbocycles. The van der Waals surface area contributed by atoms with Crippen LogP contribution in [0.1, 0.15) is 18.2 Å². The highest BCUT2D eigenvalue weighted by molar-refractivity contribution is 8.14. The Morgan fingerprint density at radius 1 is 1.18 bits per heavy atom. The molecule has 0 bridgehead atoms. The number of hydrogen-bond acceptors (Lipinski definition) is 4. The number of ether oxygens (including phenoxy) is 1. The third kappa shape index (κ3) is 5.79. The minimum Gasteiger partial charge on any atom is -0.465 e. The molecule has 3 aromatic rings. The van der Waals surface area contributed by atoms with E-state index in [0.717, 1.165) is 37.7 Å². The van der Waals surface area contributed by atoms with Gasteiger partial charge in [0, 0.05) is 35.0 Å². The second-order valence-electron chi connectivity index (χ2n) is 7.31. The van der Waals surface area contributed by atoms with Crippen molar-refractivity contribution < 1.29 is 18.3 Å². The molecule has 0 aliphatic carbocycles. The number of aromatic nitrogens is 1. The molecular weight excluding hydrogens is 442 g/mol. The van der Waals surface area contributed by atoms with Crippen LogP contribution in [-0.2, 0) is 22.5 Å². The predicted octanol–water partition coefficient (Wildman–Crippen LogP) is 6.27. The standard InChI is InChI=1S/C26H26F2N2O2S/c1-5-7-18(26(29-4)33-21-11-8-19(27)9-12-21)14-22-17(3)30(16-25(31)32-6-2)24-13-10-20(28)15-23(22)24/h5,7-13,15H,1,6,14,16H2,2-4H3/b18-7-,29-26?. The molecule has 0 saturated carbocycles. The quantitative estimate of drug-likeness (QED) is 0.129. The molecule has 4 nitrogen and oxygen atoms in total. The van der Waals surface area contributed by atoms with E-state index in [2.05, 4.69) is 11.6 Å². The Bertz CT molecular complexity index is 1230. The first kappa shape index (κ1) is 24.5. The van der Waals surface area contributed by atoms with Crippen LogP contribution in [0.2, 0.25) is 0 Å². The number of thioether (sulfide) groups is 1. The van der Waals surface area contributed by atoms with Gasteiger partial charge in [0.15, 0.2) is 0 Å². The number of aliphatic imine (C=N–C) groups is 1. The van der Waals surface area contributed by atoms with Crippen molar-refractivity contribution >= 4 is 33.7 Å². The number of halogens is 2. The van der Waals surface area contributed by atoms with Crippen LogP contribution in [0, 0.1) is 18.6 Å². The maximum absolute atomic E-state index is 14.2. The number of carbonyl (C=O) groups is 1. The van der Waals surface area contributed by atoms with E-state index in [4.69, 9.17) is 4.74 Å². The molecule has 3 rings (SSSR count). The first-order valence-corrected chi connectivity index (χ1v) is 11.3. The van der Waals surface area contributed by atoms with Crippen molar-refractivity contribution in [1.82, 2.24) is 4.57 Å². The lowest BCUT2D eigenvalue weighted by atomic mass is 10.0. The Kier molecular flexibility index (Phi) is 8.22.